The minimum atomic E-state index is -3.81. The smallest absolute Gasteiger partial charge is 0.349 e. The third kappa shape index (κ3) is 5.15. The Hall–Kier alpha value is -0.710. The normalized spacial score (nSPS) is 16.9. The van der Waals surface area contributed by atoms with E-state index in [1.165, 1.54) is 7.11 Å². The molecular weight excluding hydrogens is 388 g/mol. The Labute approximate surface area is 158 Å². The molecule has 0 unspecified atom stereocenters. The van der Waals surface area contributed by atoms with Crippen molar-refractivity contribution in [3.05, 3.63) is 15.8 Å². The van der Waals surface area contributed by atoms with Gasteiger partial charge in [-0.05, 0) is 43.8 Å². The minimum absolute atomic E-state index is 0. The number of piperidine rings is 1. The van der Waals surface area contributed by atoms with E-state index in [0.717, 1.165) is 37.3 Å². The Morgan fingerprint density at radius 2 is 2.00 bits per heavy atom. The van der Waals surface area contributed by atoms with Gasteiger partial charge in [0.2, 0.25) is 10.0 Å². The van der Waals surface area contributed by atoms with Crippen LogP contribution in [0, 0.1) is 12.3 Å². The molecule has 7 nitrogen and oxygen atoms in total. The second-order valence-corrected chi connectivity index (χ2v) is 8.66. The lowest BCUT2D eigenvalue weighted by Gasteiger charge is -2.37. The van der Waals surface area contributed by atoms with Crippen LogP contribution < -0.4 is 10.0 Å². The zero-order chi connectivity index (χ0) is 17.8. The lowest BCUT2D eigenvalue weighted by Crippen LogP contribution is -2.47. The van der Waals surface area contributed by atoms with Crippen LogP contribution in [0.5, 0.6) is 0 Å². The number of carbonyl (C=O) groups excluding carboxylic acids is 1. The van der Waals surface area contributed by atoms with Crippen molar-refractivity contribution in [1.29, 1.82) is 0 Å². The first-order valence-electron chi connectivity index (χ1n) is 7.71. The summed E-state index contributed by atoms with van der Waals surface area (Å²) < 4.78 is 38.2. The van der Waals surface area contributed by atoms with Crippen LogP contribution in [0.1, 0.15) is 28.1 Å². The second kappa shape index (κ2) is 9.29. The number of carbonyl (C=O) groups is 1. The summed E-state index contributed by atoms with van der Waals surface area (Å²) >= 11 is 1.08. The fourth-order valence-electron chi connectivity index (χ4n) is 2.96. The molecule has 0 bridgehead atoms. The van der Waals surface area contributed by atoms with Gasteiger partial charge >= 0.3 is 5.97 Å². The van der Waals surface area contributed by atoms with Gasteiger partial charge in [0.05, 0.1) is 13.7 Å². The number of thiophene rings is 1. The van der Waals surface area contributed by atoms with Crippen molar-refractivity contribution in [1.82, 2.24) is 10.0 Å². The molecule has 1 aromatic rings. The third-order valence-corrected chi connectivity index (χ3v) is 7.10. The SMILES string of the molecule is COCC1(CNS(=O)(=O)c2c(C)csc2C(=O)OC)CCNCC1.Cl. The minimum Gasteiger partial charge on any atom is -0.465 e. The molecule has 2 N–H and O–H groups in total. The van der Waals surface area contributed by atoms with Gasteiger partial charge < -0.3 is 14.8 Å². The number of rotatable bonds is 7. The number of hydrogen-bond donors (Lipinski definition) is 2. The van der Waals surface area contributed by atoms with Gasteiger partial charge in [-0.1, -0.05) is 0 Å². The zero-order valence-corrected chi connectivity index (χ0v) is 17.0. The van der Waals surface area contributed by atoms with Crippen LogP contribution in [0.2, 0.25) is 0 Å². The maximum atomic E-state index is 12.8. The molecule has 25 heavy (non-hydrogen) atoms. The second-order valence-electron chi connectivity index (χ2n) is 6.08. The Balaban J connectivity index is 0.00000312. The van der Waals surface area contributed by atoms with Crippen molar-refractivity contribution >= 4 is 39.7 Å². The molecule has 0 radical (unpaired) electrons. The Morgan fingerprint density at radius 3 is 2.56 bits per heavy atom. The predicted molar refractivity (Wildman–Crippen MR) is 99.2 cm³/mol. The third-order valence-electron chi connectivity index (χ3n) is 4.31. The maximum Gasteiger partial charge on any atom is 0.349 e. The predicted octanol–water partition coefficient (Wildman–Crippen LogP) is 1.56. The number of methoxy groups -OCH3 is 2. The topological polar surface area (TPSA) is 93.7 Å². The molecule has 0 saturated carbocycles. The lowest BCUT2D eigenvalue weighted by molar-refractivity contribution is 0.0576. The zero-order valence-electron chi connectivity index (χ0n) is 14.6. The molecule has 1 aromatic heterocycles. The molecule has 1 aliphatic heterocycles. The van der Waals surface area contributed by atoms with Crippen molar-refractivity contribution in [2.45, 2.75) is 24.7 Å². The molecule has 144 valence electrons. The summed E-state index contributed by atoms with van der Waals surface area (Å²) in [7, 11) is -0.944. The van der Waals surface area contributed by atoms with E-state index < -0.39 is 16.0 Å². The van der Waals surface area contributed by atoms with Crippen molar-refractivity contribution < 1.29 is 22.7 Å². The summed E-state index contributed by atoms with van der Waals surface area (Å²) in [5, 5.41) is 4.92. The van der Waals surface area contributed by atoms with E-state index in [1.807, 2.05) is 0 Å². The van der Waals surface area contributed by atoms with Crippen LogP contribution in [0.15, 0.2) is 10.3 Å². The molecule has 0 amide bonds. The molecule has 0 aliphatic carbocycles. The van der Waals surface area contributed by atoms with E-state index in [1.54, 1.807) is 19.4 Å². The fraction of sp³-hybridized carbons (Fsp3) is 0.667. The number of ether oxygens (including phenoxy) is 2. The van der Waals surface area contributed by atoms with E-state index in [-0.39, 0.29) is 34.1 Å². The van der Waals surface area contributed by atoms with Crippen LogP contribution >= 0.6 is 23.7 Å². The van der Waals surface area contributed by atoms with Crippen LogP contribution in [0.4, 0.5) is 0 Å². The summed E-state index contributed by atoms with van der Waals surface area (Å²) in [5.74, 6) is -0.637. The molecule has 0 spiro atoms. The molecule has 10 heteroatoms. The molecule has 1 fully saturated rings. The summed E-state index contributed by atoms with van der Waals surface area (Å²) in [5.41, 5.74) is 0.307. The highest BCUT2D eigenvalue weighted by atomic mass is 35.5. The first-order chi connectivity index (χ1) is 11.4. The van der Waals surface area contributed by atoms with E-state index in [2.05, 4.69) is 14.8 Å². The number of sulfonamides is 1. The summed E-state index contributed by atoms with van der Waals surface area (Å²) in [4.78, 5) is 12.0. The van der Waals surface area contributed by atoms with Crippen LogP contribution in [-0.2, 0) is 19.5 Å². The van der Waals surface area contributed by atoms with Crippen molar-refractivity contribution in [2.24, 2.45) is 5.41 Å². The molecule has 0 aromatic carbocycles. The molecule has 1 saturated heterocycles. The highest BCUT2D eigenvalue weighted by Gasteiger charge is 2.35. The summed E-state index contributed by atoms with van der Waals surface area (Å²) in [6.07, 6.45) is 1.66. The molecule has 2 rings (SSSR count). The van der Waals surface area contributed by atoms with Gasteiger partial charge in [0.15, 0.2) is 0 Å². The molecule has 0 atom stereocenters. The van der Waals surface area contributed by atoms with Gasteiger partial charge in [0.1, 0.15) is 9.77 Å². The first-order valence-corrected chi connectivity index (χ1v) is 10.1. The number of aryl methyl sites for hydroxylation is 1. The van der Waals surface area contributed by atoms with Gasteiger partial charge in [0.25, 0.3) is 0 Å². The lowest BCUT2D eigenvalue weighted by atomic mass is 9.80. The van der Waals surface area contributed by atoms with Gasteiger partial charge in [-0.25, -0.2) is 17.9 Å². The number of esters is 1. The fourth-order valence-corrected chi connectivity index (χ4v) is 5.82. The summed E-state index contributed by atoms with van der Waals surface area (Å²) in [6, 6.07) is 0. The Bertz CT molecular complexity index is 679. The van der Waals surface area contributed by atoms with Crippen LogP contribution in [0.3, 0.4) is 0 Å². The van der Waals surface area contributed by atoms with E-state index in [0.29, 0.717) is 12.2 Å². The van der Waals surface area contributed by atoms with Gasteiger partial charge in [-0.3, -0.25) is 0 Å². The van der Waals surface area contributed by atoms with Crippen molar-refractivity contribution in [2.75, 3.05) is 40.5 Å². The highest BCUT2D eigenvalue weighted by Crippen LogP contribution is 2.31. The molecular formula is C15H25ClN2O5S2. The van der Waals surface area contributed by atoms with Crippen molar-refractivity contribution in [3.8, 4) is 0 Å². The van der Waals surface area contributed by atoms with Crippen molar-refractivity contribution in [3.63, 3.8) is 0 Å². The quantitative estimate of drug-likeness (QED) is 0.660. The molecule has 2 heterocycles. The summed E-state index contributed by atoms with van der Waals surface area (Å²) in [6.45, 7) is 4.10. The van der Waals surface area contributed by atoms with Gasteiger partial charge in [-0.15, -0.1) is 23.7 Å². The number of halogens is 1. The van der Waals surface area contributed by atoms with Crippen LogP contribution in [0.25, 0.3) is 0 Å². The first kappa shape index (κ1) is 22.3. The van der Waals surface area contributed by atoms with Gasteiger partial charge in [-0.2, -0.15) is 0 Å². The Kier molecular flexibility index (Phi) is 8.30. The average molecular weight is 413 g/mol. The largest absolute Gasteiger partial charge is 0.465 e. The monoisotopic (exact) mass is 412 g/mol. The maximum absolute atomic E-state index is 12.8. The Morgan fingerprint density at radius 1 is 1.36 bits per heavy atom. The number of hydrogen-bond acceptors (Lipinski definition) is 7. The van der Waals surface area contributed by atoms with E-state index in [4.69, 9.17) is 4.74 Å². The standard InChI is InChI=1S/C15H24N2O5S2.ClH/c1-11-8-23-12(14(18)22-3)13(11)24(19,20)17-9-15(10-21-2)4-6-16-7-5-15;/h8,16-17H,4-7,9-10H2,1-3H3;1H. The highest BCUT2D eigenvalue weighted by molar-refractivity contribution is 7.89. The van der Waals surface area contributed by atoms with E-state index >= 15 is 0 Å². The van der Waals surface area contributed by atoms with Crippen LogP contribution in [-0.4, -0.2) is 54.8 Å². The van der Waals surface area contributed by atoms with Gasteiger partial charge in [0, 0.05) is 19.1 Å². The number of nitrogens with one attached hydrogen (secondary N) is 2. The average Bonchev–Trinajstić information content (AvgIpc) is 2.96. The van der Waals surface area contributed by atoms with E-state index in [9.17, 15) is 13.2 Å². The molecule has 1 aliphatic rings.